The van der Waals surface area contributed by atoms with Crippen LogP contribution in [-0.4, -0.2) is 28.6 Å². The predicted octanol–water partition coefficient (Wildman–Crippen LogP) is 3.22. The summed E-state index contributed by atoms with van der Waals surface area (Å²) < 4.78 is 13.7. The molecule has 0 spiro atoms. The van der Waals surface area contributed by atoms with E-state index in [1.165, 1.54) is 0 Å². The second kappa shape index (κ2) is 6.26. The van der Waals surface area contributed by atoms with E-state index in [1.807, 2.05) is 0 Å². The molecular weight excluding hydrogens is 303 g/mol. The Kier molecular flexibility index (Phi) is 4.62. The number of carboxylic acid groups (broad SMARTS) is 1. The van der Waals surface area contributed by atoms with Gasteiger partial charge in [-0.25, -0.2) is 4.39 Å². The average molecular weight is 317 g/mol. The Bertz CT molecular complexity index is 582. The van der Waals surface area contributed by atoms with Crippen molar-refractivity contribution < 1.29 is 19.2 Å². The minimum atomic E-state index is -0.982. The standard InChI is InChI=1S/C13H14ClFN2O4/c14-9-6-12(17(20)21)11(7-10(9)15)16-4-2-1-3-8(16)5-13(18)19/h6-8H,1-5H2,(H,18,19). The molecule has 1 aromatic carbocycles. The number of anilines is 1. The van der Waals surface area contributed by atoms with Gasteiger partial charge in [0.1, 0.15) is 11.5 Å². The lowest BCUT2D eigenvalue weighted by Gasteiger charge is -2.36. The molecule has 1 aliphatic rings. The number of hydrogen-bond acceptors (Lipinski definition) is 4. The molecule has 0 amide bonds. The maximum absolute atomic E-state index is 13.7. The zero-order chi connectivity index (χ0) is 15.6. The van der Waals surface area contributed by atoms with Crippen LogP contribution < -0.4 is 4.90 Å². The fourth-order valence-corrected chi connectivity index (χ4v) is 2.79. The van der Waals surface area contributed by atoms with Crippen LogP contribution >= 0.6 is 11.6 Å². The SMILES string of the molecule is O=C(O)CC1CCCCN1c1cc(F)c(Cl)cc1[N+](=O)[O-]. The summed E-state index contributed by atoms with van der Waals surface area (Å²) in [5.41, 5.74) is -0.216. The highest BCUT2D eigenvalue weighted by atomic mass is 35.5. The van der Waals surface area contributed by atoms with Gasteiger partial charge in [0.15, 0.2) is 0 Å². The number of carbonyl (C=O) groups is 1. The molecule has 0 aromatic heterocycles. The fourth-order valence-electron chi connectivity index (χ4n) is 2.63. The van der Waals surface area contributed by atoms with Crippen LogP contribution in [0.5, 0.6) is 0 Å². The van der Waals surface area contributed by atoms with Crippen molar-refractivity contribution in [2.75, 3.05) is 11.4 Å². The summed E-state index contributed by atoms with van der Waals surface area (Å²) in [4.78, 5) is 23.0. The number of nitrogens with zero attached hydrogens (tertiary/aromatic N) is 2. The molecule has 2 rings (SSSR count). The van der Waals surface area contributed by atoms with Gasteiger partial charge in [0, 0.05) is 24.7 Å². The molecule has 0 bridgehead atoms. The summed E-state index contributed by atoms with van der Waals surface area (Å²) in [7, 11) is 0. The Morgan fingerprint density at radius 3 is 2.86 bits per heavy atom. The smallest absolute Gasteiger partial charge is 0.305 e. The maximum atomic E-state index is 13.7. The molecule has 8 heteroatoms. The Hall–Kier alpha value is -1.89. The number of rotatable bonds is 4. The van der Waals surface area contributed by atoms with Crippen molar-refractivity contribution >= 4 is 28.9 Å². The first-order valence-corrected chi connectivity index (χ1v) is 6.90. The second-order valence-electron chi connectivity index (χ2n) is 4.95. The predicted molar refractivity (Wildman–Crippen MR) is 75.3 cm³/mol. The summed E-state index contributed by atoms with van der Waals surface area (Å²) in [5, 5.41) is 19.8. The van der Waals surface area contributed by atoms with Gasteiger partial charge in [-0.3, -0.25) is 14.9 Å². The minimum absolute atomic E-state index is 0.0906. The second-order valence-corrected chi connectivity index (χ2v) is 5.36. The number of nitro groups is 1. The van der Waals surface area contributed by atoms with Crippen molar-refractivity contribution in [2.24, 2.45) is 0 Å². The van der Waals surface area contributed by atoms with Crippen LogP contribution in [0.25, 0.3) is 0 Å². The van der Waals surface area contributed by atoms with Crippen LogP contribution in [-0.2, 0) is 4.79 Å². The molecule has 1 heterocycles. The molecule has 1 aliphatic heterocycles. The van der Waals surface area contributed by atoms with Gasteiger partial charge < -0.3 is 10.0 Å². The number of piperidine rings is 1. The highest BCUT2D eigenvalue weighted by molar-refractivity contribution is 6.31. The third-order valence-electron chi connectivity index (χ3n) is 3.56. The Balaban J connectivity index is 2.44. The molecule has 1 saturated heterocycles. The van der Waals surface area contributed by atoms with E-state index in [2.05, 4.69) is 0 Å². The molecular formula is C13H14ClFN2O4. The van der Waals surface area contributed by atoms with Gasteiger partial charge in [-0.1, -0.05) is 11.6 Å². The molecule has 1 atom stereocenters. The number of nitro benzene ring substituents is 1. The van der Waals surface area contributed by atoms with Crippen LogP contribution in [0, 0.1) is 15.9 Å². The first kappa shape index (κ1) is 15.5. The Morgan fingerprint density at radius 2 is 2.24 bits per heavy atom. The molecule has 21 heavy (non-hydrogen) atoms. The van der Waals surface area contributed by atoms with Crippen molar-refractivity contribution in [3.8, 4) is 0 Å². The van der Waals surface area contributed by atoms with Crippen molar-refractivity contribution in [1.29, 1.82) is 0 Å². The molecule has 1 aromatic rings. The van der Waals surface area contributed by atoms with Gasteiger partial charge in [0.2, 0.25) is 0 Å². The fraction of sp³-hybridized carbons (Fsp3) is 0.462. The number of benzene rings is 1. The molecule has 0 aliphatic carbocycles. The van der Waals surface area contributed by atoms with E-state index in [0.717, 1.165) is 25.0 Å². The van der Waals surface area contributed by atoms with Gasteiger partial charge in [0.25, 0.3) is 5.69 Å². The molecule has 1 N–H and O–H groups in total. The number of carboxylic acids is 1. The topological polar surface area (TPSA) is 83.7 Å². The van der Waals surface area contributed by atoms with Crippen molar-refractivity contribution in [3.63, 3.8) is 0 Å². The van der Waals surface area contributed by atoms with Gasteiger partial charge >= 0.3 is 5.97 Å². The van der Waals surface area contributed by atoms with E-state index in [1.54, 1.807) is 4.90 Å². The number of hydrogen-bond donors (Lipinski definition) is 1. The van der Waals surface area contributed by atoms with Crippen molar-refractivity contribution in [1.82, 2.24) is 0 Å². The highest BCUT2D eigenvalue weighted by Gasteiger charge is 2.30. The van der Waals surface area contributed by atoms with E-state index in [-0.39, 0.29) is 28.9 Å². The van der Waals surface area contributed by atoms with E-state index in [9.17, 15) is 19.3 Å². The Morgan fingerprint density at radius 1 is 1.52 bits per heavy atom. The third kappa shape index (κ3) is 3.41. The van der Waals surface area contributed by atoms with Gasteiger partial charge in [0.05, 0.1) is 16.4 Å². The summed E-state index contributed by atoms with van der Waals surface area (Å²) in [5.74, 6) is -1.74. The van der Waals surface area contributed by atoms with Crippen molar-refractivity contribution in [2.45, 2.75) is 31.7 Å². The zero-order valence-corrected chi connectivity index (χ0v) is 11.8. The van der Waals surface area contributed by atoms with Gasteiger partial charge in [-0.15, -0.1) is 0 Å². The molecule has 1 unspecified atom stereocenters. The molecule has 1 fully saturated rings. The maximum Gasteiger partial charge on any atom is 0.305 e. The molecule has 114 valence electrons. The normalized spacial score (nSPS) is 18.6. The van der Waals surface area contributed by atoms with E-state index >= 15 is 0 Å². The average Bonchev–Trinajstić information content (AvgIpc) is 2.41. The quantitative estimate of drug-likeness (QED) is 0.681. The van der Waals surface area contributed by atoms with Crippen LogP contribution in [0.1, 0.15) is 25.7 Å². The van der Waals surface area contributed by atoms with Gasteiger partial charge in [-0.2, -0.15) is 0 Å². The van der Waals surface area contributed by atoms with E-state index in [0.29, 0.717) is 13.0 Å². The monoisotopic (exact) mass is 316 g/mol. The minimum Gasteiger partial charge on any atom is -0.481 e. The van der Waals surface area contributed by atoms with Crippen LogP contribution in [0.2, 0.25) is 5.02 Å². The first-order chi connectivity index (χ1) is 9.90. The largest absolute Gasteiger partial charge is 0.481 e. The third-order valence-corrected chi connectivity index (χ3v) is 3.85. The summed E-state index contributed by atoms with van der Waals surface area (Å²) in [6.45, 7) is 0.458. The Labute approximate surface area is 125 Å². The summed E-state index contributed by atoms with van der Waals surface area (Å²) >= 11 is 5.60. The summed E-state index contributed by atoms with van der Waals surface area (Å²) in [6, 6.07) is 1.61. The van der Waals surface area contributed by atoms with E-state index in [4.69, 9.17) is 16.7 Å². The number of aliphatic carboxylic acids is 1. The zero-order valence-electron chi connectivity index (χ0n) is 11.1. The molecule has 6 nitrogen and oxygen atoms in total. The van der Waals surface area contributed by atoms with Crippen LogP contribution in [0.15, 0.2) is 12.1 Å². The lowest BCUT2D eigenvalue weighted by Crippen LogP contribution is -2.41. The van der Waals surface area contributed by atoms with Crippen molar-refractivity contribution in [3.05, 3.63) is 33.1 Å². The molecule has 0 saturated carbocycles. The first-order valence-electron chi connectivity index (χ1n) is 6.52. The molecule has 0 radical (unpaired) electrons. The number of halogens is 2. The lowest BCUT2D eigenvalue weighted by molar-refractivity contribution is -0.384. The highest BCUT2D eigenvalue weighted by Crippen LogP contribution is 2.37. The van der Waals surface area contributed by atoms with Crippen LogP contribution in [0.4, 0.5) is 15.8 Å². The lowest BCUT2D eigenvalue weighted by atomic mass is 9.98. The van der Waals surface area contributed by atoms with E-state index < -0.39 is 16.7 Å². The summed E-state index contributed by atoms with van der Waals surface area (Å²) in [6.07, 6.45) is 2.09. The van der Waals surface area contributed by atoms with Gasteiger partial charge in [-0.05, 0) is 19.3 Å². The van der Waals surface area contributed by atoms with Crippen LogP contribution in [0.3, 0.4) is 0 Å².